The highest BCUT2D eigenvalue weighted by atomic mass is 32.1. The molecule has 1 spiro atoms. The number of nitrogens with one attached hydrogen (secondary N) is 3. The Kier molecular flexibility index (Phi) is 6.59. The van der Waals surface area contributed by atoms with Gasteiger partial charge in [-0.05, 0) is 68.9 Å². The van der Waals surface area contributed by atoms with Crippen molar-refractivity contribution in [2.75, 3.05) is 13.1 Å². The van der Waals surface area contributed by atoms with Gasteiger partial charge < -0.3 is 26.0 Å². The summed E-state index contributed by atoms with van der Waals surface area (Å²) < 4.78 is 0.909. The molecule has 38 heavy (non-hydrogen) atoms. The second-order valence-corrected chi connectivity index (χ2v) is 12.3. The highest BCUT2D eigenvalue weighted by molar-refractivity contribution is 7.20. The number of aliphatic hydroxyl groups is 1. The van der Waals surface area contributed by atoms with Crippen molar-refractivity contribution in [3.05, 3.63) is 29.3 Å². The van der Waals surface area contributed by atoms with Gasteiger partial charge in [0.25, 0.3) is 11.8 Å². The van der Waals surface area contributed by atoms with Gasteiger partial charge in [0.05, 0.1) is 16.3 Å². The number of fused-ring (bicyclic) bond motifs is 1. The molecule has 0 bridgehead atoms. The molecule has 1 aromatic carbocycles. The summed E-state index contributed by atoms with van der Waals surface area (Å²) in [6.45, 7) is 0.984. The zero-order chi connectivity index (χ0) is 26.4. The van der Waals surface area contributed by atoms with E-state index in [2.05, 4.69) is 20.9 Å². The van der Waals surface area contributed by atoms with E-state index >= 15 is 0 Å². The van der Waals surface area contributed by atoms with E-state index in [0.29, 0.717) is 30.9 Å². The fourth-order valence-corrected chi connectivity index (χ4v) is 6.67. The van der Waals surface area contributed by atoms with E-state index in [1.165, 1.54) is 11.3 Å². The highest BCUT2D eigenvalue weighted by Crippen LogP contribution is 2.55. The maximum atomic E-state index is 13.8. The second-order valence-electron chi connectivity index (χ2n) is 11.3. The quantitative estimate of drug-likeness (QED) is 0.399. The van der Waals surface area contributed by atoms with E-state index in [1.807, 2.05) is 24.3 Å². The van der Waals surface area contributed by atoms with Gasteiger partial charge in [0.15, 0.2) is 11.1 Å². The third-order valence-electron chi connectivity index (χ3n) is 8.49. The number of thiazole rings is 1. The summed E-state index contributed by atoms with van der Waals surface area (Å²) >= 11 is 1.31. The Morgan fingerprint density at radius 3 is 2.66 bits per heavy atom. The maximum absolute atomic E-state index is 13.8. The Balaban J connectivity index is 1.22. The van der Waals surface area contributed by atoms with Crippen LogP contribution in [0.4, 0.5) is 0 Å². The van der Waals surface area contributed by atoms with Gasteiger partial charge in [-0.1, -0.05) is 12.1 Å². The number of aliphatic hydroxyl groups excluding tert-OH is 1. The van der Waals surface area contributed by atoms with Crippen molar-refractivity contribution in [3.63, 3.8) is 0 Å². The highest BCUT2D eigenvalue weighted by Gasteiger charge is 2.51. The van der Waals surface area contributed by atoms with Crippen molar-refractivity contribution < 1.29 is 24.3 Å². The van der Waals surface area contributed by atoms with E-state index in [0.717, 1.165) is 42.3 Å². The first kappa shape index (κ1) is 25.2. The van der Waals surface area contributed by atoms with Crippen molar-refractivity contribution in [3.8, 4) is 0 Å². The lowest BCUT2D eigenvalue weighted by Crippen LogP contribution is -2.59. The van der Waals surface area contributed by atoms with Crippen LogP contribution in [-0.4, -0.2) is 75.9 Å². The van der Waals surface area contributed by atoms with Gasteiger partial charge in [0.1, 0.15) is 6.04 Å². The minimum Gasteiger partial charge on any atom is -0.381 e. The first-order chi connectivity index (χ1) is 18.3. The van der Waals surface area contributed by atoms with Crippen LogP contribution in [0.2, 0.25) is 0 Å². The molecule has 202 valence electrons. The van der Waals surface area contributed by atoms with Gasteiger partial charge in [0, 0.05) is 25.0 Å². The molecule has 2 aromatic rings. The Hall–Kier alpha value is -3.05. The van der Waals surface area contributed by atoms with Gasteiger partial charge in [-0.25, -0.2) is 4.98 Å². The molecule has 4 atom stereocenters. The van der Waals surface area contributed by atoms with Crippen LogP contribution in [0, 0.1) is 11.3 Å². The summed E-state index contributed by atoms with van der Waals surface area (Å²) in [5.41, 5.74) is 0.812. The summed E-state index contributed by atoms with van der Waals surface area (Å²) in [6, 6.07) is 5.94. The summed E-state index contributed by atoms with van der Waals surface area (Å²) in [5, 5.41) is 19.8. The Morgan fingerprint density at radius 1 is 1.18 bits per heavy atom. The van der Waals surface area contributed by atoms with Crippen molar-refractivity contribution in [2.24, 2.45) is 11.3 Å². The Morgan fingerprint density at radius 2 is 1.97 bits per heavy atom. The van der Waals surface area contributed by atoms with Crippen LogP contribution in [0.25, 0.3) is 10.2 Å². The molecule has 1 aromatic heterocycles. The van der Waals surface area contributed by atoms with Gasteiger partial charge in [-0.15, -0.1) is 11.3 Å². The molecule has 4 amide bonds. The number of carbonyl (C=O) groups excluding carboxylic acids is 4. The number of aromatic nitrogens is 1. The number of hydrogen-bond donors (Lipinski definition) is 4. The van der Waals surface area contributed by atoms with Crippen LogP contribution in [0.3, 0.4) is 0 Å². The lowest BCUT2D eigenvalue weighted by Gasteiger charge is -2.39. The van der Waals surface area contributed by atoms with Crippen molar-refractivity contribution in [1.82, 2.24) is 25.8 Å². The first-order valence-corrected chi connectivity index (χ1v) is 14.4. The van der Waals surface area contributed by atoms with Crippen LogP contribution in [0.1, 0.15) is 61.2 Å². The average Bonchev–Trinajstić information content (AvgIpc) is 3.80. The number of para-hydroxylation sites is 1. The van der Waals surface area contributed by atoms with Crippen LogP contribution in [0.15, 0.2) is 24.3 Å². The summed E-state index contributed by atoms with van der Waals surface area (Å²) in [7, 11) is 0. The van der Waals surface area contributed by atoms with Crippen molar-refractivity contribution in [1.29, 1.82) is 0 Å². The van der Waals surface area contributed by atoms with E-state index in [1.54, 1.807) is 4.90 Å². The van der Waals surface area contributed by atoms with E-state index in [4.69, 9.17) is 0 Å². The van der Waals surface area contributed by atoms with Gasteiger partial charge in [0.2, 0.25) is 11.8 Å². The zero-order valence-electron chi connectivity index (χ0n) is 21.2. The zero-order valence-corrected chi connectivity index (χ0v) is 22.0. The predicted octanol–water partition coefficient (Wildman–Crippen LogP) is 1.33. The summed E-state index contributed by atoms with van der Waals surface area (Å²) in [4.78, 5) is 58.5. The molecule has 4 N–H and O–H groups in total. The molecule has 3 heterocycles. The van der Waals surface area contributed by atoms with Crippen LogP contribution in [-0.2, 0) is 14.4 Å². The number of piperidine rings is 1. The molecule has 0 radical (unpaired) electrons. The summed E-state index contributed by atoms with van der Waals surface area (Å²) in [6.07, 6.45) is 4.41. The predicted molar refractivity (Wildman–Crippen MR) is 140 cm³/mol. The largest absolute Gasteiger partial charge is 0.381 e. The van der Waals surface area contributed by atoms with Crippen LogP contribution in [0.5, 0.6) is 0 Å². The number of carbonyl (C=O) groups is 4. The van der Waals surface area contributed by atoms with Crippen LogP contribution < -0.4 is 16.0 Å². The molecular formula is C27H33N5O5S. The minimum atomic E-state index is -1.49. The van der Waals surface area contributed by atoms with Crippen molar-refractivity contribution in [2.45, 2.75) is 75.6 Å². The average molecular weight is 540 g/mol. The SMILES string of the molecule is O=C(NC1CC1)C(O)C(C[C@@H]1CCNC1=O)NC(=O)[C@@H]1CC2(CCN1C(=O)c1nc3ccccc3s1)CC2. The standard InChI is InChI=1S/C27H33N5O5S/c33-21(24(36)29-16-5-6-16)18(13-15-7-11-28-22(15)34)30-23(35)19-14-27(8-9-27)10-12-32(19)26(37)25-31-17-3-1-2-4-20(17)38-25/h1-4,15-16,18-19,21,33H,5-14H2,(H,28,34)(H,29,36)(H,30,35)/t15-,18?,19-,21?/m0/s1. The van der Waals surface area contributed by atoms with Gasteiger partial charge in [-0.3, -0.25) is 19.2 Å². The van der Waals surface area contributed by atoms with E-state index in [-0.39, 0.29) is 29.7 Å². The van der Waals surface area contributed by atoms with Gasteiger partial charge >= 0.3 is 0 Å². The number of hydrogen-bond acceptors (Lipinski definition) is 7. The molecule has 2 aliphatic carbocycles. The topological polar surface area (TPSA) is 141 Å². The second kappa shape index (κ2) is 9.92. The van der Waals surface area contributed by atoms with Crippen molar-refractivity contribution >= 4 is 45.2 Å². The molecule has 2 unspecified atom stereocenters. The maximum Gasteiger partial charge on any atom is 0.283 e. The fourth-order valence-electron chi connectivity index (χ4n) is 5.75. The van der Waals surface area contributed by atoms with E-state index < -0.39 is 35.9 Å². The molecule has 6 rings (SSSR count). The number of nitrogens with zero attached hydrogens (tertiary/aromatic N) is 2. The fraction of sp³-hybridized carbons (Fsp3) is 0.593. The molecular weight excluding hydrogens is 506 g/mol. The monoisotopic (exact) mass is 539 g/mol. The molecule has 10 nitrogen and oxygen atoms in total. The van der Waals surface area contributed by atoms with E-state index in [9.17, 15) is 24.3 Å². The molecule has 11 heteroatoms. The molecule has 4 aliphatic rings. The lowest BCUT2D eigenvalue weighted by molar-refractivity contribution is -0.135. The number of likely N-dealkylation sites (tertiary alicyclic amines) is 1. The molecule has 2 aliphatic heterocycles. The van der Waals surface area contributed by atoms with Gasteiger partial charge in [-0.2, -0.15) is 0 Å². The number of amides is 4. The Labute approximate surface area is 224 Å². The summed E-state index contributed by atoms with van der Waals surface area (Å²) in [5.74, 6) is -1.75. The molecule has 4 fully saturated rings. The molecule has 2 saturated carbocycles. The Bertz CT molecular complexity index is 1240. The van der Waals surface area contributed by atoms with Crippen LogP contribution >= 0.6 is 11.3 Å². The molecule has 2 saturated heterocycles. The third kappa shape index (κ3) is 5.13. The normalized spacial score (nSPS) is 25.6. The first-order valence-electron chi connectivity index (χ1n) is 13.5. The third-order valence-corrected chi connectivity index (χ3v) is 9.51. The minimum absolute atomic E-state index is 0.0540. The lowest BCUT2D eigenvalue weighted by atomic mass is 9.86. The number of rotatable bonds is 8. The smallest absolute Gasteiger partial charge is 0.283 e. The number of benzene rings is 1.